The standard InChI is InChI=1S/C12H11NO2/c1-8(14)11-7-10(15-2)6-9-4-3-5-13-12(9)11/h3-7H,1-2H3. The summed E-state index contributed by atoms with van der Waals surface area (Å²) in [6, 6.07) is 7.34. The van der Waals surface area contributed by atoms with E-state index in [1.807, 2.05) is 18.2 Å². The lowest BCUT2D eigenvalue weighted by atomic mass is 10.1. The molecule has 0 fully saturated rings. The van der Waals surface area contributed by atoms with Gasteiger partial charge in [0, 0.05) is 17.1 Å². The highest BCUT2D eigenvalue weighted by molar-refractivity contribution is 6.06. The predicted molar refractivity (Wildman–Crippen MR) is 58.3 cm³/mol. The van der Waals surface area contributed by atoms with Crippen molar-refractivity contribution < 1.29 is 9.53 Å². The number of ether oxygens (including phenoxy) is 1. The Hall–Kier alpha value is -1.90. The molecule has 0 N–H and O–H groups in total. The van der Waals surface area contributed by atoms with Gasteiger partial charge in [-0.1, -0.05) is 6.07 Å². The zero-order valence-electron chi connectivity index (χ0n) is 8.65. The molecule has 3 heteroatoms. The summed E-state index contributed by atoms with van der Waals surface area (Å²) in [4.78, 5) is 15.6. The maximum atomic E-state index is 11.4. The van der Waals surface area contributed by atoms with Gasteiger partial charge in [-0.25, -0.2) is 0 Å². The molecule has 0 amide bonds. The van der Waals surface area contributed by atoms with Gasteiger partial charge in [-0.2, -0.15) is 0 Å². The molecule has 0 aliphatic rings. The van der Waals surface area contributed by atoms with Crippen LogP contribution < -0.4 is 4.74 Å². The first-order chi connectivity index (χ1) is 7.22. The lowest BCUT2D eigenvalue weighted by molar-refractivity contribution is 0.101. The van der Waals surface area contributed by atoms with Gasteiger partial charge in [-0.3, -0.25) is 9.78 Å². The summed E-state index contributed by atoms with van der Waals surface area (Å²) in [6.07, 6.45) is 1.68. The average Bonchev–Trinajstić information content (AvgIpc) is 2.27. The predicted octanol–water partition coefficient (Wildman–Crippen LogP) is 2.45. The zero-order valence-corrected chi connectivity index (χ0v) is 8.65. The first kappa shape index (κ1) is 9.65. The Bertz CT molecular complexity index is 520. The number of hydrogen-bond donors (Lipinski definition) is 0. The van der Waals surface area contributed by atoms with E-state index < -0.39 is 0 Å². The first-order valence-electron chi connectivity index (χ1n) is 4.66. The maximum Gasteiger partial charge on any atom is 0.162 e. The van der Waals surface area contributed by atoms with Crippen molar-refractivity contribution in [2.24, 2.45) is 0 Å². The molecule has 1 aromatic carbocycles. The Morgan fingerprint density at radius 2 is 2.20 bits per heavy atom. The number of benzene rings is 1. The quantitative estimate of drug-likeness (QED) is 0.700. The third-order valence-corrected chi connectivity index (χ3v) is 2.29. The number of rotatable bonds is 2. The van der Waals surface area contributed by atoms with Crippen molar-refractivity contribution >= 4 is 16.7 Å². The second-order valence-corrected chi connectivity index (χ2v) is 3.31. The SMILES string of the molecule is COc1cc(C(C)=O)c2ncccc2c1. The molecule has 0 aliphatic heterocycles. The fourth-order valence-electron chi connectivity index (χ4n) is 1.55. The highest BCUT2D eigenvalue weighted by Crippen LogP contribution is 2.23. The van der Waals surface area contributed by atoms with Gasteiger partial charge in [0.2, 0.25) is 0 Å². The number of Topliss-reactive ketones (excluding diaryl/α,β-unsaturated/α-hetero) is 1. The van der Waals surface area contributed by atoms with Crippen LogP contribution in [0.2, 0.25) is 0 Å². The van der Waals surface area contributed by atoms with Crippen LogP contribution >= 0.6 is 0 Å². The van der Waals surface area contributed by atoms with E-state index in [9.17, 15) is 4.79 Å². The summed E-state index contributed by atoms with van der Waals surface area (Å²) in [5, 5.41) is 0.919. The molecule has 76 valence electrons. The summed E-state index contributed by atoms with van der Waals surface area (Å²) < 4.78 is 5.13. The summed E-state index contributed by atoms with van der Waals surface area (Å²) in [7, 11) is 1.58. The third kappa shape index (κ3) is 1.68. The number of pyridine rings is 1. The van der Waals surface area contributed by atoms with Crippen LogP contribution in [0.25, 0.3) is 10.9 Å². The van der Waals surface area contributed by atoms with E-state index in [-0.39, 0.29) is 5.78 Å². The second-order valence-electron chi connectivity index (χ2n) is 3.31. The molecule has 1 aromatic heterocycles. The number of hydrogen-bond acceptors (Lipinski definition) is 3. The van der Waals surface area contributed by atoms with E-state index in [2.05, 4.69) is 4.98 Å². The Morgan fingerprint density at radius 1 is 1.40 bits per heavy atom. The van der Waals surface area contributed by atoms with Crippen LogP contribution in [0.5, 0.6) is 5.75 Å². The highest BCUT2D eigenvalue weighted by Gasteiger charge is 2.08. The molecule has 2 aromatic rings. The zero-order chi connectivity index (χ0) is 10.8. The van der Waals surface area contributed by atoms with E-state index in [1.54, 1.807) is 19.4 Å². The summed E-state index contributed by atoms with van der Waals surface area (Å²) in [5.74, 6) is 0.679. The molecule has 2 rings (SSSR count). The molecule has 15 heavy (non-hydrogen) atoms. The number of nitrogens with zero attached hydrogens (tertiary/aromatic N) is 1. The molecule has 3 nitrogen and oxygen atoms in total. The van der Waals surface area contributed by atoms with Crippen molar-refractivity contribution in [2.75, 3.05) is 7.11 Å². The normalized spacial score (nSPS) is 10.3. The largest absolute Gasteiger partial charge is 0.497 e. The maximum absolute atomic E-state index is 11.4. The number of methoxy groups -OCH3 is 1. The minimum Gasteiger partial charge on any atom is -0.497 e. The van der Waals surface area contributed by atoms with E-state index in [4.69, 9.17) is 4.74 Å². The lowest BCUT2D eigenvalue weighted by Crippen LogP contribution is -1.97. The summed E-state index contributed by atoms with van der Waals surface area (Å²) in [6.45, 7) is 1.53. The van der Waals surface area contributed by atoms with Crippen LogP contribution in [0, 0.1) is 0 Å². The van der Waals surface area contributed by atoms with Crippen molar-refractivity contribution in [3.05, 3.63) is 36.0 Å². The molecule has 0 spiro atoms. The molecule has 0 saturated heterocycles. The fourth-order valence-corrected chi connectivity index (χ4v) is 1.55. The van der Waals surface area contributed by atoms with Crippen LogP contribution in [0.1, 0.15) is 17.3 Å². The van der Waals surface area contributed by atoms with Gasteiger partial charge >= 0.3 is 0 Å². The van der Waals surface area contributed by atoms with Crippen LogP contribution in [0.15, 0.2) is 30.5 Å². The van der Waals surface area contributed by atoms with Crippen molar-refractivity contribution in [1.29, 1.82) is 0 Å². The number of fused-ring (bicyclic) bond motifs is 1. The van der Waals surface area contributed by atoms with Gasteiger partial charge in [0.15, 0.2) is 5.78 Å². The van der Waals surface area contributed by atoms with E-state index >= 15 is 0 Å². The van der Waals surface area contributed by atoms with Crippen LogP contribution in [0.3, 0.4) is 0 Å². The van der Waals surface area contributed by atoms with Gasteiger partial charge in [0.05, 0.1) is 12.6 Å². The van der Waals surface area contributed by atoms with Gasteiger partial charge in [0.25, 0.3) is 0 Å². The van der Waals surface area contributed by atoms with Gasteiger partial charge < -0.3 is 4.74 Å². The minimum atomic E-state index is -0.00222. The van der Waals surface area contributed by atoms with Crippen molar-refractivity contribution in [2.45, 2.75) is 6.92 Å². The molecule has 0 atom stereocenters. The van der Waals surface area contributed by atoms with Gasteiger partial charge in [-0.05, 0) is 25.1 Å². The van der Waals surface area contributed by atoms with Crippen molar-refractivity contribution in [3.8, 4) is 5.75 Å². The molecule has 0 unspecified atom stereocenters. The molecule has 0 bridgehead atoms. The van der Waals surface area contributed by atoms with Gasteiger partial charge in [-0.15, -0.1) is 0 Å². The van der Waals surface area contributed by atoms with Crippen LogP contribution in [0.4, 0.5) is 0 Å². The molecule has 0 saturated carbocycles. The van der Waals surface area contributed by atoms with Gasteiger partial charge in [0.1, 0.15) is 5.75 Å². The smallest absolute Gasteiger partial charge is 0.162 e. The van der Waals surface area contributed by atoms with E-state index in [0.717, 1.165) is 10.9 Å². The second kappa shape index (κ2) is 3.69. The molecule has 1 heterocycles. The Balaban J connectivity index is 2.80. The third-order valence-electron chi connectivity index (χ3n) is 2.29. The number of carbonyl (C=O) groups is 1. The molecular weight excluding hydrogens is 190 g/mol. The van der Waals surface area contributed by atoms with Crippen molar-refractivity contribution in [1.82, 2.24) is 4.98 Å². The topological polar surface area (TPSA) is 39.2 Å². The molecule has 0 aliphatic carbocycles. The molecular formula is C12H11NO2. The number of aromatic nitrogens is 1. The van der Waals surface area contributed by atoms with Crippen LogP contribution in [-0.2, 0) is 0 Å². The summed E-state index contributed by atoms with van der Waals surface area (Å²) in [5.41, 5.74) is 1.33. The lowest BCUT2D eigenvalue weighted by Gasteiger charge is -2.05. The average molecular weight is 201 g/mol. The number of ketones is 1. The Morgan fingerprint density at radius 3 is 2.87 bits per heavy atom. The highest BCUT2D eigenvalue weighted by atomic mass is 16.5. The first-order valence-corrected chi connectivity index (χ1v) is 4.66. The summed E-state index contributed by atoms with van der Waals surface area (Å²) >= 11 is 0. The molecule has 0 radical (unpaired) electrons. The van der Waals surface area contributed by atoms with Crippen LogP contribution in [-0.4, -0.2) is 17.9 Å². The Labute approximate surface area is 87.7 Å². The minimum absolute atomic E-state index is 0.00222. The van der Waals surface area contributed by atoms with E-state index in [1.165, 1.54) is 6.92 Å². The Kier molecular flexibility index (Phi) is 2.37. The fraction of sp³-hybridized carbons (Fsp3) is 0.167. The number of carbonyl (C=O) groups excluding carboxylic acids is 1. The van der Waals surface area contributed by atoms with Crippen molar-refractivity contribution in [3.63, 3.8) is 0 Å². The monoisotopic (exact) mass is 201 g/mol. The van der Waals surface area contributed by atoms with E-state index in [0.29, 0.717) is 11.3 Å².